The van der Waals surface area contributed by atoms with Gasteiger partial charge in [0.1, 0.15) is 5.75 Å². The Morgan fingerprint density at radius 1 is 0.846 bits per heavy atom. The molecule has 0 radical (unpaired) electrons. The van der Waals surface area contributed by atoms with Crippen molar-refractivity contribution in [3.63, 3.8) is 0 Å². The predicted octanol–water partition coefficient (Wildman–Crippen LogP) is 8.05. The maximum atomic E-state index is 5.72. The van der Waals surface area contributed by atoms with Crippen LogP contribution in [0.15, 0.2) is 30.3 Å². The van der Waals surface area contributed by atoms with Crippen LogP contribution in [0.3, 0.4) is 0 Å². The highest BCUT2D eigenvalue weighted by molar-refractivity contribution is 5.50. The summed E-state index contributed by atoms with van der Waals surface area (Å²) in [5.41, 5.74) is 1.28. The normalized spacial score (nSPS) is 20.5. The van der Waals surface area contributed by atoms with Crippen molar-refractivity contribution in [2.24, 2.45) is 11.8 Å². The summed E-state index contributed by atoms with van der Waals surface area (Å²) in [5.74, 6) is 2.99. The van der Waals surface area contributed by atoms with E-state index in [9.17, 15) is 0 Å². The molecule has 1 aromatic rings. The van der Waals surface area contributed by atoms with Gasteiger partial charge in [-0.2, -0.15) is 0 Å². The van der Waals surface area contributed by atoms with Crippen molar-refractivity contribution in [3.8, 4) is 5.75 Å². The molecule has 26 heavy (non-hydrogen) atoms. The van der Waals surface area contributed by atoms with Crippen molar-refractivity contribution in [1.29, 1.82) is 0 Å². The molecule has 146 valence electrons. The Balaban J connectivity index is 1.59. The largest absolute Gasteiger partial charge is 0.494 e. The Kier molecular flexibility index (Phi) is 10.5. The van der Waals surface area contributed by atoms with E-state index < -0.39 is 0 Å². The summed E-state index contributed by atoms with van der Waals surface area (Å²) >= 11 is 0. The number of benzene rings is 1. The minimum Gasteiger partial charge on any atom is -0.494 e. The molecule has 1 nitrogen and oxygen atoms in total. The molecule has 0 bridgehead atoms. The summed E-state index contributed by atoms with van der Waals surface area (Å²) in [4.78, 5) is 0. The minimum absolute atomic E-state index is 0.826. The number of rotatable bonds is 12. The molecule has 0 aromatic heterocycles. The Bertz CT molecular complexity index is 479. The fraction of sp³-hybridized carbons (Fsp3) is 0.680. The van der Waals surface area contributed by atoms with E-state index in [1.54, 1.807) is 0 Å². The van der Waals surface area contributed by atoms with Gasteiger partial charge in [0.2, 0.25) is 0 Å². The van der Waals surface area contributed by atoms with Crippen LogP contribution in [-0.2, 0) is 0 Å². The van der Waals surface area contributed by atoms with Gasteiger partial charge in [0.25, 0.3) is 0 Å². The van der Waals surface area contributed by atoms with E-state index in [0.717, 1.165) is 30.6 Å². The predicted molar refractivity (Wildman–Crippen MR) is 115 cm³/mol. The smallest absolute Gasteiger partial charge is 0.119 e. The second-order valence-corrected chi connectivity index (χ2v) is 8.13. The van der Waals surface area contributed by atoms with Crippen LogP contribution < -0.4 is 4.74 Å². The Morgan fingerprint density at radius 2 is 1.50 bits per heavy atom. The van der Waals surface area contributed by atoms with Crippen LogP contribution in [0.1, 0.15) is 96.5 Å². The van der Waals surface area contributed by atoms with E-state index in [1.807, 2.05) is 0 Å². The monoisotopic (exact) mass is 356 g/mol. The summed E-state index contributed by atoms with van der Waals surface area (Å²) in [6.45, 7) is 5.32. The third-order valence-electron chi connectivity index (χ3n) is 5.88. The molecule has 0 amide bonds. The fourth-order valence-corrected chi connectivity index (χ4v) is 4.05. The summed E-state index contributed by atoms with van der Waals surface area (Å²) in [7, 11) is 0. The molecule has 1 heteroatoms. The molecule has 0 N–H and O–H groups in total. The molecule has 0 heterocycles. The highest BCUT2D eigenvalue weighted by Gasteiger charge is 2.19. The van der Waals surface area contributed by atoms with Gasteiger partial charge in [-0.15, -0.1) is 0 Å². The zero-order chi connectivity index (χ0) is 18.5. The molecule has 1 aliphatic rings. The summed E-state index contributed by atoms with van der Waals surface area (Å²) in [5, 5.41) is 0. The molecule has 0 unspecified atom stereocenters. The number of unbranched alkanes of at least 4 members (excludes halogenated alkanes) is 3. The topological polar surface area (TPSA) is 9.23 Å². The molecule has 1 aromatic carbocycles. The first-order chi connectivity index (χ1) is 12.8. The van der Waals surface area contributed by atoms with E-state index in [-0.39, 0.29) is 0 Å². The van der Waals surface area contributed by atoms with Gasteiger partial charge in [0.05, 0.1) is 6.61 Å². The van der Waals surface area contributed by atoms with Crippen LogP contribution in [0.25, 0.3) is 6.08 Å². The van der Waals surface area contributed by atoms with Crippen LogP contribution in [0.5, 0.6) is 5.75 Å². The van der Waals surface area contributed by atoms with Gasteiger partial charge in [-0.1, -0.05) is 95.9 Å². The first-order valence-electron chi connectivity index (χ1n) is 11.2. The van der Waals surface area contributed by atoms with Crippen molar-refractivity contribution < 1.29 is 4.74 Å². The molecular formula is C25H40O. The van der Waals surface area contributed by atoms with Crippen molar-refractivity contribution >= 4 is 6.08 Å². The number of ether oxygens (including phenoxy) is 1. The molecule has 1 aliphatic carbocycles. The number of hydrogen-bond acceptors (Lipinski definition) is 1. The van der Waals surface area contributed by atoms with Crippen LogP contribution in [0.4, 0.5) is 0 Å². The highest BCUT2D eigenvalue weighted by atomic mass is 16.5. The second-order valence-electron chi connectivity index (χ2n) is 8.13. The third kappa shape index (κ3) is 8.43. The second kappa shape index (κ2) is 13.0. The molecule has 2 rings (SSSR count). The SMILES string of the molecule is CCCCC[C@H]1CC[C@H](CC/C=C/c2ccc(OCCCC)cc2)CC1. The van der Waals surface area contributed by atoms with Gasteiger partial charge in [-0.05, 0) is 48.8 Å². The molecule has 1 saturated carbocycles. The van der Waals surface area contributed by atoms with Crippen LogP contribution >= 0.6 is 0 Å². The highest BCUT2D eigenvalue weighted by Crippen LogP contribution is 2.34. The van der Waals surface area contributed by atoms with Crippen molar-refractivity contribution in [2.45, 2.75) is 90.9 Å². The standard InChI is InChI=1S/C25H40O/c1-3-5-7-10-22-13-15-23(16-14-22)11-8-9-12-24-17-19-25(20-18-24)26-21-6-4-2/h9,12,17-20,22-23H,3-8,10-11,13-16,21H2,1-2H3/b12-9+/t22-,23-. The summed E-state index contributed by atoms with van der Waals surface area (Å²) in [6, 6.07) is 8.52. The lowest BCUT2D eigenvalue weighted by atomic mass is 9.78. The fourth-order valence-electron chi connectivity index (χ4n) is 4.05. The van der Waals surface area contributed by atoms with Crippen LogP contribution in [0.2, 0.25) is 0 Å². The summed E-state index contributed by atoms with van der Waals surface area (Å²) in [6.07, 6.45) is 21.2. The lowest BCUT2D eigenvalue weighted by Gasteiger charge is -2.28. The van der Waals surface area contributed by atoms with E-state index >= 15 is 0 Å². The molecule has 0 spiro atoms. The molecule has 0 aliphatic heterocycles. The Labute approximate surface area is 162 Å². The van der Waals surface area contributed by atoms with E-state index in [4.69, 9.17) is 4.74 Å². The Morgan fingerprint density at radius 3 is 2.15 bits per heavy atom. The number of allylic oxidation sites excluding steroid dienone is 1. The average molecular weight is 357 g/mol. The molecular weight excluding hydrogens is 316 g/mol. The zero-order valence-electron chi connectivity index (χ0n) is 17.2. The quantitative estimate of drug-likeness (QED) is 0.344. The van der Waals surface area contributed by atoms with Crippen molar-refractivity contribution in [2.75, 3.05) is 6.61 Å². The minimum atomic E-state index is 0.826. The van der Waals surface area contributed by atoms with E-state index in [2.05, 4.69) is 50.3 Å². The summed E-state index contributed by atoms with van der Waals surface area (Å²) < 4.78 is 5.72. The molecule has 0 saturated heterocycles. The van der Waals surface area contributed by atoms with Gasteiger partial charge in [0, 0.05) is 0 Å². The maximum absolute atomic E-state index is 5.72. The maximum Gasteiger partial charge on any atom is 0.119 e. The van der Waals surface area contributed by atoms with Gasteiger partial charge in [-0.3, -0.25) is 0 Å². The lowest BCUT2D eigenvalue weighted by Crippen LogP contribution is -2.14. The van der Waals surface area contributed by atoms with E-state index in [1.165, 1.54) is 76.2 Å². The van der Waals surface area contributed by atoms with Crippen LogP contribution in [-0.4, -0.2) is 6.61 Å². The molecule has 0 atom stereocenters. The Hall–Kier alpha value is -1.24. The zero-order valence-corrected chi connectivity index (χ0v) is 17.2. The van der Waals surface area contributed by atoms with Gasteiger partial charge >= 0.3 is 0 Å². The van der Waals surface area contributed by atoms with Crippen molar-refractivity contribution in [1.82, 2.24) is 0 Å². The number of hydrogen-bond donors (Lipinski definition) is 0. The lowest BCUT2D eigenvalue weighted by molar-refractivity contribution is 0.250. The van der Waals surface area contributed by atoms with Gasteiger partial charge in [0.15, 0.2) is 0 Å². The molecule has 1 fully saturated rings. The van der Waals surface area contributed by atoms with Crippen LogP contribution in [0, 0.1) is 11.8 Å². The van der Waals surface area contributed by atoms with Gasteiger partial charge in [-0.25, -0.2) is 0 Å². The van der Waals surface area contributed by atoms with Gasteiger partial charge < -0.3 is 4.74 Å². The first kappa shape index (κ1) is 21.1. The van der Waals surface area contributed by atoms with E-state index in [0.29, 0.717) is 0 Å². The average Bonchev–Trinajstić information content (AvgIpc) is 2.68. The third-order valence-corrected chi connectivity index (χ3v) is 5.88. The van der Waals surface area contributed by atoms with Crippen molar-refractivity contribution in [3.05, 3.63) is 35.9 Å². The first-order valence-corrected chi connectivity index (χ1v) is 11.2.